The molecular weight excluding hydrogens is 297 g/mol. The molecule has 2 amide bonds. The minimum atomic E-state index is -1.36. The quantitative estimate of drug-likeness (QED) is 0.468. The van der Waals surface area contributed by atoms with Crippen molar-refractivity contribution in [2.75, 3.05) is 4.90 Å². The predicted octanol–water partition coefficient (Wildman–Crippen LogP) is -2.15. The van der Waals surface area contributed by atoms with Crippen LogP contribution in [0.3, 0.4) is 0 Å². The van der Waals surface area contributed by atoms with Gasteiger partial charge in [0.1, 0.15) is 0 Å². The van der Waals surface area contributed by atoms with Crippen molar-refractivity contribution in [2.45, 2.75) is 0 Å². The maximum absolute atomic E-state index is 12.2. The number of hydrogen-bond acceptors (Lipinski definition) is 4. The monoisotopic (exact) mass is 305 g/mol. The molecule has 1 aliphatic heterocycles. The van der Waals surface area contributed by atoms with Gasteiger partial charge in [-0.3, -0.25) is 9.59 Å². The van der Waals surface area contributed by atoms with Gasteiger partial charge in [-0.1, -0.05) is 24.3 Å². The van der Waals surface area contributed by atoms with Gasteiger partial charge in [-0.15, -0.1) is 0 Å². The maximum atomic E-state index is 12.2. The Bertz CT molecular complexity index is 722. The number of carbonyl (C=O) groups is 3. The molecule has 0 atom stereocenters. The average Bonchev–Trinajstić information content (AvgIpc) is 2.72. The Balaban J connectivity index is 0.00000161. The van der Waals surface area contributed by atoms with E-state index in [0.717, 1.165) is 4.90 Å². The molecule has 2 aromatic rings. The molecule has 0 saturated heterocycles. The summed E-state index contributed by atoms with van der Waals surface area (Å²) in [5.41, 5.74) is 0.768. The second kappa shape index (κ2) is 6.21. The van der Waals surface area contributed by atoms with Crippen LogP contribution in [0.4, 0.5) is 5.69 Å². The number of hydrogen-bond donors (Lipinski definition) is 0. The molecule has 0 N–H and O–H groups in total. The summed E-state index contributed by atoms with van der Waals surface area (Å²) in [5.74, 6) is -2.27. The minimum absolute atomic E-state index is 0. The molecule has 3 rings (SSSR count). The average molecular weight is 305 g/mol. The molecule has 2 aromatic carbocycles. The van der Waals surface area contributed by atoms with Gasteiger partial charge in [0.2, 0.25) is 0 Å². The number of fused-ring (bicyclic) bond motifs is 1. The van der Waals surface area contributed by atoms with Crippen molar-refractivity contribution in [3.05, 3.63) is 65.2 Å². The zero-order valence-electron chi connectivity index (χ0n) is 11.2. The number of carboxylic acid groups (broad SMARTS) is 1. The first-order valence-corrected chi connectivity index (χ1v) is 5.89. The van der Waals surface area contributed by atoms with Gasteiger partial charge in [-0.05, 0) is 29.8 Å². The number of rotatable bonds is 2. The van der Waals surface area contributed by atoms with Crippen LogP contribution in [-0.4, -0.2) is 17.8 Å². The third-order valence-electron chi connectivity index (χ3n) is 3.13. The third-order valence-corrected chi connectivity index (χ3v) is 3.13. The number of carboxylic acids is 1. The second-order valence-corrected chi connectivity index (χ2v) is 4.33. The van der Waals surface area contributed by atoms with E-state index >= 15 is 0 Å². The molecule has 0 spiro atoms. The smallest absolute Gasteiger partial charge is 0.545 e. The molecule has 0 radical (unpaired) electrons. The van der Waals surface area contributed by atoms with E-state index < -0.39 is 17.8 Å². The summed E-state index contributed by atoms with van der Waals surface area (Å²) in [4.78, 5) is 36.3. The molecule has 1 heterocycles. The van der Waals surface area contributed by atoms with Crippen LogP contribution in [-0.2, 0) is 0 Å². The molecule has 0 bridgehead atoms. The van der Waals surface area contributed by atoms with Crippen molar-refractivity contribution in [2.24, 2.45) is 0 Å². The molecule has 98 valence electrons. The zero-order chi connectivity index (χ0) is 14.3. The van der Waals surface area contributed by atoms with Crippen LogP contribution in [0.2, 0.25) is 0 Å². The molecule has 0 aliphatic carbocycles. The Hall–Kier alpha value is -1.31. The van der Waals surface area contributed by atoms with E-state index in [-0.39, 0.29) is 62.6 Å². The Labute approximate surface area is 163 Å². The molecule has 21 heavy (non-hydrogen) atoms. The first kappa shape index (κ1) is 16.1. The van der Waals surface area contributed by atoms with Crippen molar-refractivity contribution in [1.82, 2.24) is 0 Å². The van der Waals surface area contributed by atoms with E-state index in [4.69, 9.17) is 0 Å². The fourth-order valence-electron chi connectivity index (χ4n) is 2.20. The fraction of sp³-hybridized carbons (Fsp3) is 0. The van der Waals surface area contributed by atoms with Gasteiger partial charge in [-0.25, -0.2) is 4.90 Å². The molecule has 0 unspecified atom stereocenters. The predicted molar refractivity (Wildman–Crippen MR) is 68.4 cm³/mol. The van der Waals surface area contributed by atoms with Crippen LogP contribution >= 0.6 is 0 Å². The van der Waals surface area contributed by atoms with Crippen LogP contribution in [0.25, 0.3) is 0 Å². The van der Waals surface area contributed by atoms with Crippen molar-refractivity contribution >= 4 is 23.5 Å². The molecule has 0 fully saturated rings. The number of amides is 2. The van der Waals surface area contributed by atoms with E-state index in [2.05, 4.69) is 0 Å². The standard InChI is InChI=1S/C15H9NO4.K/c17-13-11-6-1-2-7-12(11)14(18)16(13)10-5-3-4-9(8-10)15(19)20;/h1-8H,(H,19,20);/q;+1/p-1. The normalized spacial score (nSPS) is 12.9. The first-order valence-electron chi connectivity index (χ1n) is 5.89. The van der Waals surface area contributed by atoms with Gasteiger partial charge < -0.3 is 9.90 Å². The summed E-state index contributed by atoms with van der Waals surface area (Å²) in [6.07, 6.45) is 0. The second-order valence-electron chi connectivity index (χ2n) is 4.33. The van der Waals surface area contributed by atoms with Crippen LogP contribution in [0, 0.1) is 0 Å². The summed E-state index contributed by atoms with van der Waals surface area (Å²) < 4.78 is 0. The first-order chi connectivity index (χ1) is 9.59. The van der Waals surface area contributed by atoms with Gasteiger partial charge >= 0.3 is 51.4 Å². The van der Waals surface area contributed by atoms with Crippen molar-refractivity contribution < 1.29 is 70.9 Å². The number of benzene rings is 2. The Kier molecular flexibility index (Phi) is 4.75. The molecule has 5 nitrogen and oxygen atoms in total. The summed E-state index contributed by atoms with van der Waals surface area (Å²) in [7, 11) is 0. The zero-order valence-corrected chi connectivity index (χ0v) is 14.3. The van der Waals surface area contributed by atoms with Crippen molar-refractivity contribution in [3.63, 3.8) is 0 Å². The van der Waals surface area contributed by atoms with Gasteiger partial charge in [0.25, 0.3) is 11.8 Å². The van der Waals surface area contributed by atoms with Crippen LogP contribution < -0.4 is 61.4 Å². The van der Waals surface area contributed by atoms with E-state index in [9.17, 15) is 19.5 Å². The van der Waals surface area contributed by atoms with Gasteiger partial charge in [-0.2, -0.15) is 0 Å². The van der Waals surface area contributed by atoms with Crippen LogP contribution in [0.5, 0.6) is 0 Å². The van der Waals surface area contributed by atoms with E-state index in [1.165, 1.54) is 24.3 Å². The molecule has 6 heteroatoms. The number of imide groups is 1. The maximum Gasteiger partial charge on any atom is 1.00 e. The van der Waals surface area contributed by atoms with Crippen molar-refractivity contribution in [3.8, 4) is 0 Å². The largest absolute Gasteiger partial charge is 1.00 e. The van der Waals surface area contributed by atoms with E-state index in [0.29, 0.717) is 11.1 Å². The number of anilines is 1. The van der Waals surface area contributed by atoms with E-state index in [1.54, 1.807) is 24.3 Å². The molecule has 0 saturated carbocycles. The number of nitrogens with zero attached hydrogens (tertiary/aromatic N) is 1. The van der Waals surface area contributed by atoms with Gasteiger partial charge in [0, 0.05) is 0 Å². The third kappa shape index (κ3) is 2.73. The summed E-state index contributed by atoms with van der Waals surface area (Å²) in [6.45, 7) is 0. The van der Waals surface area contributed by atoms with Gasteiger partial charge in [0.05, 0.1) is 22.8 Å². The number of carbonyl (C=O) groups excluding carboxylic acids is 3. The Morgan fingerprint density at radius 3 is 2.00 bits per heavy atom. The summed E-state index contributed by atoms with van der Waals surface area (Å²) in [5, 5.41) is 10.8. The fourth-order valence-corrected chi connectivity index (χ4v) is 2.20. The van der Waals surface area contributed by atoms with E-state index in [1.807, 2.05) is 0 Å². The van der Waals surface area contributed by atoms with Gasteiger partial charge in [0.15, 0.2) is 0 Å². The number of aromatic carboxylic acids is 1. The molecule has 0 aromatic heterocycles. The summed E-state index contributed by atoms with van der Waals surface area (Å²) in [6, 6.07) is 12.0. The van der Waals surface area contributed by atoms with Crippen LogP contribution in [0.15, 0.2) is 48.5 Å². The van der Waals surface area contributed by atoms with Crippen LogP contribution in [0.1, 0.15) is 31.1 Å². The Morgan fingerprint density at radius 1 is 0.905 bits per heavy atom. The molecule has 1 aliphatic rings. The molecular formula is C15H8KNO4. The SMILES string of the molecule is O=C([O-])c1cccc(N2C(=O)c3ccccc3C2=O)c1.[K+]. The Morgan fingerprint density at radius 2 is 1.48 bits per heavy atom. The minimum Gasteiger partial charge on any atom is -0.545 e. The van der Waals surface area contributed by atoms with Crippen molar-refractivity contribution in [1.29, 1.82) is 0 Å². The topological polar surface area (TPSA) is 77.5 Å². The summed E-state index contributed by atoms with van der Waals surface area (Å²) >= 11 is 0.